The maximum absolute atomic E-state index is 11.8. The zero-order valence-corrected chi connectivity index (χ0v) is 12.1. The van der Waals surface area contributed by atoms with Crippen LogP contribution in [0.25, 0.3) is 6.08 Å². The van der Waals surface area contributed by atoms with Gasteiger partial charge in [0.05, 0.1) is 6.54 Å². The normalized spacial score (nSPS) is 11.1. The number of aliphatic carboxylic acids is 1. The fourth-order valence-corrected chi connectivity index (χ4v) is 2.73. The highest BCUT2D eigenvalue weighted by Crippen LogP contribution is 2.19. The molecule has 2 heterocycles. The van der Waals surface area contributed by atoms with Gasteiger partial charge in [-0.25, -0.2) is 9.59 Å². The summed E-state index contributed by atoms with van der Waals surface area (Å²) in [6.07, 6.45) is 4.63. The molecule has 0 bridgehead atoms. The summed E-state index contributed by atoms with van der Waals surface area (Å²) in [6, 6.07) is 1.79. The number of nitrogens with zero attached hydrogens (tertiary/aromatic N) is 1. The highest BCUT2D eigenvalue weighted by molar-refractivity contribution is 7.10. The summed E-state index contributed by atoms with van der Waals surface area (Å²) in [6.45, 7) is 2.13. The van der Waals surface area contributed by atoms with E-state index >= 15 is 0 Å². The van der Waals surface area contributed by atoms with Crippen molar-refractivity contribution < 1.29 is 9.90 Å². The highest BCUT2D eigenvalue weighted by Gasteiger charge is 2.07. The number of aromatic nitrogens is 2. The monoisotopic (exact) mass is 306 g/mol. The molecule has 6 nitrogen and oxygen atoms in total. The van der Waals surface area contributed by atoms with Gasteiger partial charge in [-0.15, -0.1) is 11.3 Å². The minimum atomic E-state index is -1.03. The molecule has 0 amide bonds. The molecule has 0 spiro atoms. The molecule has 0 radical (unpaired) electrons. The van der Waals surface area contributed by atoms with Gasteiger partial charge in [0, 0.05) is 22.7 Å². The van der Waals surface area contributed by atoms with Gasteiger partial charge in [-0.05, 0) is 29.5 Å². The molecule has 0 unspecified atom stereocenters. The van der Waals surface area contributed by atoms with E-state index in [0.717, 1.165) is 16.5 Å². The number of hydrogen-bond donors (Lipinski definition) is 2. The van der Waals surface area contributed by atoms with E-state index < -0.39 is 11.7 Å². The van der Waals surface area contributed by atoms with E-state index in [2.05, 4.69) is 4.98 Å². The molecular weight excluding hydrogens is 292 g/mol. The maximum Gasteiger partial charge on any atom is 0.328 e. The van der Waals surface area contributed by atoms with E-state index in [0.29, 0.717) is 18.5 Å². The van der Waals surface area contributed by atoms with Crippen LogP contribution in [0.5, 0.6) is 0 Å². The Balaban J connectivity index is 2.35. The first-order chi connectivity index (χ1) is 10.0. The van der Waals surface area contributed by atoms with Crippen LogP contribution in [0.4, 0.5) is 0 Å². The van der Waals surface area contributed by atoms with Gasteiger partial charge in [0.15, 0.2) is 0 Å². The highest BCUT2D eigenvalue weighted by atomic mass is 32.1. The number of carboxylic acid groups (broad SMARTS) is 1. The zero-order chi connectivity index (χ0) is 15.4. The van der Waals surface area contributed by atoms with Gasteiger partial charge in [-0.3, -0.25) is 14.3 Å². The van der Waals surface area contributed by atoms with E-state index in [1.54, 1.807) is 12.3 Å². The van der Waals surface area contributed by atoms with Crippen LogP contribution >= 0.6 is 11.3 Å². The number of aromatic amines is 1. The van der Waals surface area contributed by atoms with Gasteiger partial charge >= 0.3 is 11.7 Å². The second kappa shape index (κ2) is 6.36. The van der Waals surface area contributed by atoms with Crippen molar-refractivity contribution in [2.45, 2.75) is 19.9 Å². The predicted molar refractivity (Wildman–Crippen MR) is 80.8 cm³/mol. The van der Waals surface area contributed by atoms with Crippen molar-refractivity contribution >= 4 is 23.4 Å². The largest absolute Gasteiger partial charge is 0.478 e. The fourth-order valence-electron chi connectivity index (χ4n) is 1.87. The minimum Gasteiger partial charge on any atom is -0.478 e. The lowest BCUT2D eigenvalue weighted by molar-refractivity contribution is -0.131. The molecule has 21 heavy (non-hydrogen) atoms. The first-order valence-electron chi connectivity index (χ1n) is 6.31. The third-order valence-electron chi connectivity index (χ3n) is 2.96. The quantitative estimate of drug-likeness (QED) is 0.815. The van der Waals surface area contributed by atoms with E-state index in [1.807, 2.05) is 12.3 Å². The number of carbonyl (C=O) groups is 1. The fraction of sp³-hybridized carbons (Fsp3) is 0.214. The lowest BCUT2D eigenvalue weighted by Crippen LogP contribution is -2.31. The number of hydrogen-bond acceptors (Lipinski definition) is 4. The van der Waals surface area contributed by atoms with Crippen molar-refractivity contribution in [3.05, 3.63) is 60.6 Å². The van der Waals surface area contributed by atoms with Crippen LogP contribution in [-0.4, -0.2) is 20.6 Å². The summed E-state index contributed by atoms with van der Waals surface area (Å²) in [5.41, 5.74) is 0.446. The molecule has 0 saturated carbocycles. The molecule has 0 aliphatic heterocycles. The van der Waals surface area contributed by atoms with Gasteiger partial charge in [0.1, 0.15) is 0 Å². The Labute approximate surface area is 124 Å². The standard InChI is InChI=1S/C14H14N2O4S/c1-2-9-7-16(14(20)15-13(9)19)8-11-10(5-6-21-11)3-4-12(17)18/h3-7H,2,8H2,1H3,(H,17,18)(H,15,19,20). The minimum absolute atomic E-state index is 0.291. The molecule has 2 aromatic rings. The number of H-pyrrole nitrogens is 1. The molecule has 2 N–H and O–H groups in total. The topological polar surface area (TPSA) is 92.2 Å². The smallest absolute Gasteiger partial charge is 0.328 e. The molecule has 7 heteroatoms. The summed E-state index contributed by atoms with van der Waals surface area (Å²) in [7, 11) is 0. The first kappa shape index (κ1) is 15.0. The Hall–Kier alpha value is -2.41. The SMILES string of the molecule is CCc1cn(Cc2sccc2C=CC(=O)O)c(=O)[nH]c1=O. The molecule has 0 saturated heterocycles. The molecule has 0 fully saturated rings. The van der Waals surface area contributed by atoms with E-state index in [4.69, 9.17) is 5.11 Å². The number of aryl methyl sites for hydroxylation is 1. The maximum atomic E-state index is 11.8. The van der Waals surface area contributed by atoms with Gasteiger partial charge < -0.3 is 5.11 Å². The average molecular weight is 306 g/mol. The molecule has 2 aromatic heterocycles. The first-order valence-corrected chi connectivity index (χ1v) is 7.19. The summed E-state index contributed by atoms with van der Waals surface area (Å²) < 4.78 is 1.42. The second-order valence-corrected chi connectivity index (χ2v) is 5.37. The molecular formula is C14H14N2O4S. The lowest BCUT2D eigenvalue weighted by Gasteiger charge is -2.06. The van der Waals surface area contributed by atoms with Crippen LogP contribution in [0.2, 0.25) is 0 Å². The van der Waals surface area contributed by atoms with Crippen molar-refractivity contribution in [1.29, 1.82) is 0 Å². The molecule has 2 rings (SSSR count). The zero-order valence-electron chi connectivity index (χ0n) is 11.3. The van der Waals surface area contributed by atoms with E-state index in [9.17, 15) is 14.4 Å². The van der Waals surface area contributed by atoms with Crippen molar-refractivity contribution in [2.75, 3.05) is 0 Å². The Morgan fingerprint density at radius 1 is 1.48 bits per heavy atom. The number of carboxylic acids is 1. The average Bonchev–Trinajstić information content (AvgIpc) is 2.86. The van der Waals surface area contributed by atoms with Crippen LogP contribution < -0.4 is 11.2 Å². The molecule has 0 aromatic carbocycles. The van der Waals surface area contributed by atoms with Crippen molar-refractivity contribution in [3.63, 3.8) is 0 Å². The third kappa shape index (κ3) is 3.57. The molecule has 0 aliphatic carbocycles. The van der Waals surface area contributed by atoms with Crippen molar-refractivity contribution in [3.8, 4) is 0 Å². The Kier molecular flexibility index (Phi) is 4.54. The summed E-state index contributed by atoms with van der Waals surface area (Å²) >= 11 is 1.43. The Morgan fingerprint density at radius 3 is 2.90 bits per heavy atom. The molecule has 110 valence electrons. The van der Waals surface area contributed by atoms with Gasteiger partial charge in [-0.2, -0.15) is 0 Å². The van der Waals surface area contributed by atoms with Gasteiger partial charge in [0.25, 0.3) is 5.56 Å². The number of thiophene rings is 1. The third-order valence-corrected chi connectivity index (χ3v) is 3.89. The summed E-state index contributed by atoms with van der Waals surface area (Å²) in [4.78, 5) is 37.0. The number of rotatable bonds is 5. The predicted octanol–water partition coefficient (Wildman–Crippen LogP) is 1.31. The number of nitrogens with one attached hydrogen (secondary N) is 1. The molecule has 0 atom stereocenters. The second-order valence-electron chi connectivity index (χ2n) is 4.37. The van der Waals surface area contributed by atoms with Gasteiger partial charge in [0.2, 0.25) is 0 Å². The van der Waals surface area contributed by atoms with E-state index in [-0.39, 0.29) is 5.56 Å². The molecule has 0 aliphatic rings. The van der Waals surface area contributed by atoms with Crippen LogP contribution in [0.15, 0.2) is 33.3 Å². The Morgan fingerprint density at radius 2 is 2.24 bits per heavy atom. The summed E-state index contributed by atoms with van der Waals surface area (Å²) in [5.74, 6) is -1.03. The van der Waals surface area contributed by atoms with Crippen LogP contribution in [0.3, 0.4) is 0 Å². The summed E-state index contributed by atoms with van der Waals surface area (Å²) in [5, 5.41) is 10.5. The van der Waals surface area contributed by atoms with Gasteiger partial charge in [-0.1, -0.05) is 6.92 Å². The van der Waals surface area contributed by atoms with Crippen LogP contribution in [0.1, 0.15) is 22.9 Å². The van der Waals surface area contributed by atoms with Crippen LogP contribution in [0, 0.1) is 0 Å². The van der Waals surface area contributed by atoms with Crippen molar-refractivity contribution in [1.82, 2.24) is 9.55 Å². The van der Waals surface area contributed by atoms with E-state index in [1.165, 1.54) is 22.0 Å². The Bertz CT molecular complexity index is 798. The van der Waals surface area contributed by atoms with Crippen LogP contribution in [-0.2, 0) is 17.8 Å². The van der Waals surface area contributed by atoms with Crippen molar-refractivity contribution in [2.24, 2.45) is 0 Å². The lowest BCUT2D eigenvalue weighted by atomic mass is 10.2.